The highest BCUT2D eigenvalue weighted by Gasteiger charge is 2.18. The first-order chi connectivity index (χ1) is 11.6. The van der Waals surface area contributed by atoms with E-state index in [4.69, 9.17) is 15.8 Å². The summed E-state index contributed by atoms with van der Waals surface area (Å²) in [5, 5.41) is 12.0. The molecule has 0 unspecified atom stereocenters. The van der Waals surface area contributed by atoms with E-state index in [1.54, 1.807) is 17.4 Å². The van der Waals surface area contributed by atoms with Crippen molar-refractivity contribution in [2.24, 2.45) is 5.73 Å². The van der Waals surface area contributed by atoms with Gasteiger partial charge in [0.25, 0.3) is 5.91 Å². The summed E-state index contributed by atoms with van der Waals surface area (Å²) in [6, 6.07) is 11.8. The number of nitrogens with zero attached hydrogens (tertiary/aromatic N) is 2. The van der Waals surface area contributed by atoms with Crippen molar-refractivity contribution in [2.75, 3.05) is 6.61 Å². The van der Waals surface area contributed by atoms with Crippen LogP contribution in [-0.2, 0) is 6.54 Å². The number of aromatic nitrogens is 2. The molecule has 24 heavy (non-hydrogen) atoms. The number of aliphatic hydroxyl groups excluding tert-OH is 1. The highest BCUT2D eigenvalue weighted by atomic mass is 32.1. The van der Waals surface area contributed by atoms with Gasteiger partial charge < -0.3 is 15.4 Å². The highest BCUT2D eigenvalue weighted by Crippen LogP contribution is 2.31. The molecule has 3 aromatic rings. The smallest absolute Gasteiger partial charge is 0.250 e. The minimum Gasteiger partial charge on any atom is -0.396 e. The van der Waals surface area contributed by atoms with Crippen LogP contribution in [0.25, 0.3) is 22.0 Å². The average molecular weight is 341 g/mol. The number of primary amides is 1. The van der Waals surface area contributed by atoms with Crippen molar-refractivity contribution in [1.29, 1.82) is 0 Å². The number of nitrogens with two attached hydrogens (primary N) is 1. The van der Waals surface area contributed by atoms with Gasteiger partial charge in [0.15, 0.2) is 0 Å². The number of carbonyl (C=O) groups is 1. The average Bonchev–Trinajstić information content (AvgIpc) is 3.19. The van der Waals surface area contributed by atoms with Gasteiger partial charge in [0, 0.05) is 29.8 Å². The van der Waals surface area contributed by atoms with Crippen LogP contribution in [0.2, 0.25) is 0 Å². The lowest BCUT2D eigenvalue weighted by atomic mass is 10.2. The third-order valence-corrected chi connectivity index (χ3v) is 4.85. The predicted molar refractivity (Wildman–Crippen MR) is 95.9 cm³/mol. The molecule has 6 heteroatoms. The summed E-state index contributed by atoms with van der Waals surface area (Å²) in [6.45, 7) is 2.57. The fraction of sp³-hybridized carbons (Fsp3) is 0.222. The summed E-state index contributed by atoms with van der Waals surface area (Å²) in [4.78, 5) is 16.4. The van der Waals surface area contributed by atoms with E-state index in [-0.39, 0.29) is 6.61 Å². The first kappa shape index (κ1) is 16.4. The fourth-order valence-electron chi connectivity index (χ4n) is 2.73. The first-order valence-corrected chi connectivity index (χ1v) is 8.62. The van der Waals surface area contributed by atoms with Crippen LogP contribution < -0.4 is 5.73 Å². The van der Waals surface area contributed by atoms with Gasteiger partial charge in [-0.1, -0.05) is 30.3 Å². The van der Waals surface area contributed by atoms with Gasteiger partial charge in [-0.05, 0) is 19.4 Å². The van der Waals surface area contributed by atoms with Crippen LogP contribution in [-0.4, -0.2) is 27.2 Å². The Bertz CT molecular complexity index is 853. The Hall–Kier alpha value is -2.44. The molecule has 0 aliphatic carbocycles. The third-order valence-electron chi connectivity index (χ3n) is 3.96. The van der Waals surface area contributed by atoms with E-state index in [1.165, 1.54) is 0 Å². The van der Waals surface area contributed by atoms with Gasteiger partial charge in [-0.15, -0.1) is 11.3 Å². The minimum absolute atomic E-state index is 0.0926. The van der Waals surface area contributed by atoms with Gasteiger partial charge >= 0.3 is 0 Å². The zero-order chi connectivity index (χ0) is 17.1. The molecule has 0 aliphatic rings. The van der Waals surface area contributed by atoms with Crippen LogP contribution in [0.5, 0.6) is 0 Å². The van der Waals surface area contributed by atoms with E-state index in [0.29, 0.717) is 18.5 Å². The van der Waals surface area contributed by atoms with Crippen molar-refractivity contribution in [3.05, 3.63) is 53.0 Å². The lowest BCUT2D eigenvalue weighted by Crippen LogP contribution is -2.12. The Balaban J connectivity index is 2.04. The highest BCUT2D eigenvalue weighted by molar-refractivity contribution is 7.13. The maximum absolute atomic E-state index is 11.7. The zero-order valence-corrected chi connectivity index (χ0v) is 14.2. The SMILES string of the molecule is Cc1c(C(N)=O)cc(-c2csc(-c3ccccc3)n2)n1CCCO. The Morgan fingerprint density at radius 3 is 2.75 bits per heavy atom. The van der Waals surface area contributed by atoms with Crippen molar-refractivity contribution in [3.8, 4) is 22.0 Å². The van der Waals surface area contributed by atoms with Crippen LogP contribution in [0, 0.1) is 6.92 Å². The maximum atomic E-state index is 11.7. The summed E-state index contributed by atoms with van der Waals surface area (Å²) in [5.74, 6) is -0.449. The normalized spacial score (nSPS) is 10.9. The molecular weight excluding hydrogens is 322 g/mol. The molecule has 0 saturated carbocycles. The maximum Gasteiger partial charge on any atom is 0.250 e. The van der Waals surface area contributed by atoms with Crippen LogP contribution in [0.1, 0.15) is 22.5 Å². The molecule has 0 bridgehead atoms. The molecule has 1 amide bonds. The molecule has 2 aromatic heterocycles. The van der Waals surface area contributed by atoms with Gasteiger partial charge in [0.05, 0.1) is 17.0 Å². The molecule has 0 atom stereocenters. The summed E-state index contributed by atoms with van der Waals surface area (Å²) in [5.41, 5.74) is 9.51. The molecule has 2 heterocycles. The number of benzene rings is 1. The van der Waals surface area contributed by atoms with Gasteiger partial charge in [-0.25, -0.2) is 4.98 Å². The van der Waals surface area contributed by atoms with E-state index < -0.39 is 5.91 Å². The number of thiazole rings is 1. The molecular formula is C18H19N3O2S. The largest absolute Gasteiger partial charge is 0.396 e. The third kappa shape index (κ3) is 3.11. The number of amides is 1. The molecule has 0 fully saturated rings. The molecule has 1 aromatic carbocycles. The van der Waals surface area contributed by atoms with Crippen LogP contribution >= 0.6 is 11.3 Å². The Labute approximate surface area is 144 Å². The predicted octanol–water partition coefficient (Wildman–Crippen LogP) is 3.07. The second kappa shape index (κ2) is 6.98. The van der Waals surface area contributed by atoms with Gasteiger partial charge in [0.1, 0.15) is 5.01 Å². The first-order valence-electron chi connectivity index (χ1n) is 7.74. The van der Waals surface area contributed by atoms with Crippen LogP contribution in [0.4, 0.5) is 0 Å². The van der Waals surface area contributed by atoms with Crippen molar-refractivity contribution in [3.63, 3.8) is 0 Å². The number of hydrogen-bond acceptors (Lipinski definition) is 4. The Morgan fingerprint density at radius 1 is 1.33 bits per heavy atom. The van der Waals surface area contributed by atoms with E-state index in [9.17, 15) is 4.79 Å². The molecule has 3 rings (SSSR count). The van der Waals surface area contributed by atoms with Gasteiger partial charge in [-0.3, -0.25) is 4.79 Å². The van der Waals surface area contributed by atoms with Crippen molar-refractivity contribution in [1.82, 2.24) is 9.55 Å². The van der Waals surface area contributed by atoms with Crippen LogP contribution in [0.15, 0.2) is 41.8 Å². The van der Waals surface area contributed by atoms with E-state index in [2.05, 4.69) is 0 Å². The summed E-state index contributed by atoms with van der Waals surface area (Å²) in [6.07, 6.45) is 0.608. The second-order valence-corrected chi connectivity index (χ2v) is 6.38. The summed E-state index contributed by atoms with van der Waals surface area (Å²) in [7, 11) is 0. The summed E-state index contributed by atoms with van der Waals surface area (Å²) >= 11 is 1.56. The lowest BCUT2D eigenvalue weighted by Gasteiger charge is -2.09. The number of aliphatic hydroxyl groups is 1. The number of hydrogen-bond donors (Lipinski definition) is 2. The van der Waals surface area contributed by atoms with E-state index in [1.807, 2.05) is 47.2 Å². The van der Waals surface area contributed by atoms with Crippen molar-refractivity contribution in [2.45, 2.75) is 19.9 Å². The quantitative estimate of drug-likeness (QED) is 0.723. The van der Waals surface area contributed by atoms with Gasteiger partial charge in [0.2, 0.25) is 0 Å². The molecule has 0 saturated heterocycles. The zero-order valence-electron chi connectivity index (χ0n) is 13.4. The molecule has 0 aliphatic heterocycles. The number of rotatable bonds is 6. The van der Waals surface area contributed by atoms with Gasteiger partial charge in [-0.2, -0.15) is 0 Å². The minimum atomic E-state index is -0.449. The monoisotopic (exact) mass is 341 g/mol. The lowest BCUT2D eigenvalue weighted by molar-refractivity contribution is 0.0999. The summed E-state index contributed by atoms with van der Waals surface area (Å²) < 4.78 is 2.00. The Morgan fingerprint density at radius 2 is 2.08 bits per heavy atom. The second-order valence-electron chi connectivity index (χ2n) is 5.53. The molecule has 3 N–H and O–H groups in total. The molecule has 124 valence electrons. The van der Waals surface area contributed by atoms with Crippen molar-refractivity contribution < 1.29 is 9.90 Å². The molecule has 0 spiro atoms. The topological polar surface area (TPSA) is 81.1 Å². The molecule has 0 radical (unpaired) electrons. The molecule has 5 nitrogen and oxygen atoms in total. The Kier molecular flexibility index (Phi) is 4.78. The standard InChI is InChI=1S/C18H19N3O2S/c1-12-14(17(19)23)10-16(21(12)8-5-9-22)15-11-24-18(20-15)13-6-3-2-4-7-13/h2-4,6-7,10-11,22H,5,8-9H2,1H3,(H2,19,23). The fourth-order valence-corrected chi connectivity index (χ4v) is 3.55. The number of carbonyl (C=O) groups excluding carboxylic acids is 1. The van der Waals surface area contributed by atoms with Crippen LogP contribution in [0.3, 0.4) is 0 Å². The van der Waals surface area contributed by atoms with Crippen molar-refractivity contribution >= 4 is 17.2 Å². The van der Waals surface area contributed by atoms with E-state index >= 15 is 0 Å². The van der Waals surface area contributed by atoms with E-state index in [0.717, 1.165) is 27.7 Å².